The topological polar surface area (TPSA) is 63.2 Å². The third-order valence-corrected chi connectivity index (χ3v) is 4.64. The van der Waals surface area contributed by atoms with Crippen molar-refractivity contribution in [1.82, 2.24) is 0 Å². The van der Waals surface area contributed by atoms with Crippen LogP contribution in [-0.4, -0.2) is 20.6 Å². The first-order valence-corrected chi connectivity index (χ1v) is 8.44. The first-order chi connectivity index (χ1) is 8.95. The Kier molecular flexibility index (Phi) is 4.24. The number of benzene rings is 1. The minimum absolute atomic E-state index is 0.0130. The molecule has 0 atom stereocenters. The van der Waals surface area contributed by atoms with Crippen molar-refractivity contribution < 1.29 is 13.2 Å². The standard InChI is InChI=1S/C14H19NO3S/c1-19(17,18)13-8-6-12(7-9-13)15-14(16)10-11-4-2-3-5-11/h6-9,11H,2-5,10H2,1H3,(H,15,16). The number of sulfone groups is 1. The molecule has 0 saturated heterocycles. The zero-order valence-corrected chi connectivity index (χ0v) is 11.9. The van der Waals surface area contributed by atoms with E-state index in [0.29, 0.717) is 18.0 Å². The van der Waals surface area contributed by atoms with Crippen LogP contribution in [0.15, 0.2) is 29.2 Å². The van der Waals surface area contributed by atoms with Crippen LogP contribution in [-0.2, 0) is 14.6 Å². The monoisotopic (exact) mass is 281 g/mol. The molecular formula is C14H19NO3S. The maximum absolute atomic E-state index is 11.8. The largest absolute Gasteiger partial charge is 0.326 e. The van der Waals surface area contributed by atoms with E-state index in [0.717, 1.165) is 12.8 Å². The van der Waals surface area contributed by atoms with Crippen molar-refractivity contribution in [2.45, 2.75) is 37.0 Å². The Bertz CT molecular complexity index is 543. The van der Waals surface area contributed by atoms with Gasteiger partial charge in [-0.1, -0.05) is 12.8 Å². The fourth-order valence-corrected chi connectivity index (χ4v) is 3.10. The highest BCUT2D eigenvalue weighted by Crippen LogP contribution is 2.27. The number of hydrogen-bond donors (Lipinski definition) is 1. The zero-order valence-electron chi connectivity index (χ0n) is 11.1. The summed E-state index contributed by atoms with van der Waals surface area (Å²) in [4.78, 5) is 12.1. The number of anilines is 1. The second-order valence-electron chi connectivity index (χ2n) is 5.20. The summed E-state index contributed by atoms with van der Waals surface area (Å²) in [5.41, 5.74) is 0.649. The Morgan fingerprint density at radius 2 is 1.79 bits per heavy atom. The summed E-state index contributed by atoms with van der Waals surface area (Å²) in [5.74, 6) is 0.522. The Hall–Kier alpha value is -1.36. The first-order valence-electron chi connectivity index (χ1n) is 6.55. The Balaban J connectivity index is 1.93. The van der Waals surface area contributed by atoms with Crippen LogP contribution in [0.2, 0.25) is 0 Å². The second-order valence-corrected chi connectivity index (χ2v) is 7.22. The smallest absolute Gasteiger partial charge is 0.224 e. The van der Waals surface area contributed by atoms with Gasteiger partial charge in [-0.15, -0.1) is 0 Å². The molecule has 1 aliphatic carbocycles. The fourth-order valence-electron chi connectivity index (χ4n) is 2.47. The molecule has 5 heteroatoms. The molecule has 0 heterocycles. The molecule has 0 unspecified atom stereocenters. The van der Waals surface area contributed by atoms with Gasteiger partial charge in [-0.2, -0.15) is 0 Å². The molecular weight excluding hydrogens is 262 g/mol. The van der Waals surface area contributed by atoms with Gasteiger partial charge in [0.25, 0.3) is 0 Å². The normalized spacial score (nSPS) is 16.5. The highest BCUT2D eigenvalue weighted by Gasteiger charge is 2.18. The summed E-state index contributed by atoms with van der Waals surface area (Å²) in [6.45, 7) is 0. The van der Waals surface area contributed by atoms with Crippen LogP contribution in [0.25, 0.3) is 0 Å². The Morgan fingerprint density at radius 1 is 1.21 bits per heavy atom. The summed E-state index contributed by atoms with van der Waals surface area (Å²) in [6.07, 6.45) is 6.46. The van der Waals surface area contributed by atoms with Gasteiger partial charge < -0.3 is 5.32 Å². The highest BCUT2D eigenvalue weighted by atomic mass is 32.2. The molecule has 0 bridgehead atoms. The molecule has 1 amide bonds. The van der Waals surface area contributed by atoms with Gasteiger partial charge in [-0.3, -0.25) is 4.79 Å². The van der Waals surface area contributed by atoms with E-state index in [1.807, 2.05) is 0 Å². The van der Waals surface area contributed by atoms with E-state index in [9.17, 15) is 13.2 Å². The van der Waals surface area contributed by atoms with E-state index in [-0.39, 0.29) is 10.8 Å². The number of carbonyl (C=O) groups excluding carboxylic acids is 1. The van der Waals surface area contributed by atoms with Gasteiger partial charge in [-0.25, -0.2) is 8.42 Å². The summed E-state index contributed by atoms with van der Waals surface area (Å²) in [7, 11) is -3.18. The second kappa shape index (κ2) is 5.74. The van der Waals surface area contributed by atoms with Gasteiger partial charge in [0.1, 0.15) is 0 Å². The quantitative estimate of drug-likeness (QED) is 0.922. The zero-order chi connectivity index (χ0) is 13.9. The van der Waals surface area contributed by atoms with Gasteiger partial charge in [0.2, 0.25) is 5.91 Å². The molecule has 0 aromatic heterocycles. The lowest BCUT2D eigenvalue weighted by molar-refractivity contribution is -0.117. The van der Waals surface area contributed by atoms with Crippen LogP contribution in [0.3, 0.4) is 0 Å². The first kappa shape index (κ1) is 14.1. The molecule has 0 spiro atoms. The predicted molar refractivity (Wildman–Crippen MR) is 74.8 cm³/mol. The van der Waals surface area contributed by atoms with Crippen molar-refractivity contribution in [3.63, 3.8) is 0 Å². The maximum atomic E-state index is 11.8. The molecule has 4 nitrogen and oxygen atoms in total. The van der Waals surface area contributed by atoms with Crippen molar-refractivity contribution in [2.24, 2.45) is 5.92 Å². The minimum atomic E-state index is -3.18. The van der Waals surface area contributed by atoms with Crippen LogP contribution in [0.5, 0.6) is 0 Å². The molecule has 1 saturated carbocycles. The number of nitrogens with one attached hydrogen (secondary N) is 1. The third kappa shape index (κ3) is 4.06. The van der Waals surface area contributed by atoms with Crippen LogP contribution in [0.1, 0.15) is 32.1 Å². The average Bonchev–Trinajstić information content (AvgIpc) is 2.81. The lowest BCUT2D eigenvalue weighted by atomic mass is 10.0. The molecule has 0 radical (unpaired) electrons. The maximum Gasteiger partial charge on any atom is 0.224 e. The van der Waals surface area contributed by atoms with E-state index in [2.05, 4.69) is 5.32 Å². The molecule has 1 aromatic carbocycles. The average molecular weight is 281 g/mol. The minimum Gasteiger partial charge on any atom is -0.326 e. The van der Waals surface area contributed by atoms with Crippen LogP contribution < -0.4 is 5.32 Å². The lowest BCUT2D eigenvalue weighted by Gasteiger charge is -2.09. The third-order valence-electron chi connectivity index (χ3n) is 3.52. The summed E-state index contributed by atoms with van der Waals surface area (Å²) in [5, 5.41) is 2.81. The Labute approximate surface area is 114 Å². The number of amides is 1. The van der Waals surface area contributed by atoms with Gasteiger partial charge in [0, 0.05) is 18.4 Å². The van der Waals surface area contributed by atoms with E-state index in [4.69, 9.17) is 0 Å². The predicted octanol–water partition coefficient (Wildman–Crippen LogP) is 2.61. The molecule has 1 aromatic rings. The summed E-state index contributed by atoms with van der Waals surface area (Å²) < 4.78 is 22.6. The number of rotatable bonds is 4. The van der Waals surface area contributed by atoms with Gasteiger partial charge in [-0.05, 0) is 43.0 Å². The lowest BCUT2D eigenvalue weighted by Crippen LogP contribution is -2.15. The SMILES string of the molecule is CS(=O)(=O)c1ccc(NC(=O)CC2CCCC2)cc1. The van der Waals surface area contributed by atoms with E-state index >= 15 is 0 Å². The fraction of sp³-hybridized carbons (Fsp3) is 0.500. The van der Waals surface area contributed by atoms with E-state index in [1.54, 1.807) is 12.1 Å². The van der Waals surface area contributed by atoms with Crippen molar-refractivity contribution in [3.05, 3.63) is 24.3 Å². The Morgan fingerprint density at radius 3 is 2.32 bits per heavy atom. The molecule has 1 fully saturated rings. The van der Waals surface area contributed by atoms with Crippen LogP contribution >= 0.6 is 0 Å². The van der Waals surface area contributed by atoms with Gasteiger partial charge in [0.05, 0.1) is 4.90 Å². The number of hydrogen-bond acceptors (Lipinski definition) is 3. The van der Waals surface area contributed by atoms with Crippen molar-refractivity contribution in [3.8, 4) is 0 Å². The van der Waals surface area contributed by atoms with Gasteiger partial charge >= 0.3 is 0 Å². The number of carbonyl (C=O) groups is 1. The van der Waals surface area contributed by atoms with E-state index < -0.39 is 9.84 Å². The molecule has 0 aliphatic heterocycles. The van der Waals surface area contributed by atoms with Crippen LogP contribution in [0.4, 0.5) is 5.69 Å². The summed E-state index contributed by atoms with van der Waals surface area (Å²) in [6, 6.07) is 6.28. The molecule has 1 N–H and O–H groups in total. The van der Waals surface area contributed by atoms with Crippen LogP contribution in [0, 0.1) is 5.92 Å². The molecule has 19 heavy (non-hydrogen) atoms. The van der Waals surface area contributed by atoms with Crippen molar-refractivity contribution in [2.75, 3.05) is 11.6 Å². The van der Waals surface area contributed by atoms with Crippen molar-refractivity contribution in [1.29, 1.82) is 0 Å². The highest BCUT2D eigenvalue weighted by molar-refractivity contribution is 7.90. The molecule has 1 aliphatic rings. The van der Waals surface area contributed by atoms with Gasteiger partial charge in [0.15, 0.2) is 9.84 Å². The van der Waals surface area contributed by atoms with Crippen molar-refractivity contribution >= 4 is 21.4 Å². The van der Waals surface area contributed by atoms with E-state index in [1.165, 1.54) is 31.2 Å². The molecule has 2 rings (SSSR count). The summed E-state index contributed by atoms with van der Waals surface area (Å²) >= 11 is 0. The molecule has 104 valence electrons.